The van der Waals surface area contributed by atoms with Gasteiger partial charge in [-0.05, 0) is 59.4 Å². The molecule has 2 atom stereocenters. The zero-order chi connectivity index (χ0) is 26.3. The second-order valence-corrected chi connectivity index (χ2v) is 9.47. The Bertz CT molecular complexity index is 1340. The Hall–Kier alpha value is -3.72. The number of carbonyl (C=O) groups excluding carboxylic acids is 2. The summed E-state index contributed by atoms with van der Waals surface area (Å²) in [6.45, 7) is -0.542. The SMILES string of the molecule is O=C(NC1CC1)[C@@H]1c2ccccc2C(=O)N(Cc2cc(F)cc(C(F)(F)F)c2)[C@H]1c1ccc(CO)cc1. The maximum atomic E-state index is 14.2. The molecule has 3 aromatic carbocycles. The first-order chi connectivity index (χ1) is 17.7. The third-order valence-electron chi connectivity index (χ3n) is 6.79. The molecule has 0 bridgehead atoms. The lowest BCUT2D eigenvalue weighted by atomic mass is 9.78. The summed E-state index contributed by atoms with van der Waals surface area (Å²) in [5.74, 6) is -2.68. The van der Waals surface area contributed by atoms with E-state index in [9.17, 15) is 32.3 Å². The van der Waals surface area contributed by atoms with Crippen LogP contribution in [0.2, 0.25) is 0 Å². The zero-order valence-corrected chi connectivity index (χ0v) is 19.6. The molecule has 1 fully saturated rings. The van der Waals surface area contributed by atoms with Crippen LogP contribution in [0.15, 0.2) is 66.7 Å². The van der Waals surface area contributed by atoms with Crippen molar-refractivity contribution in [2.75, 3.05) is 0 Å². The number of halogens is 4. The van der Waals surface area contributed by atoms with Crippen molar-refractivity contribution in [3.8, 4) is 0 Å². The van der Waals surface area contributed by atoms with Crippen LogP contribution in [0.25, 0.3) is 0 Å². The number of hydrogen-bond acceptors (Lipinski definition) is 3. The standard InChI is InChI=1S/C28H24F4N2O3/c29-20-12-17(11-19(13-20)28(30,31)32)14-34-25(18-7-5-16(15-35)6-8-18)24(26(36)33-21-9-10-21)22-3-1-2-4-23(22)27(34)37/h1-8,11-13,21,24-25,35H,9-10,14-15H2,(H,33,36)/t24-,25+/m1/s1. The van der Waals surface area contributed by atoms with E-state index < -0.39 is 35.4 Å². The first kappa shape index (κ1) is 25.0. The Labute approximate surface area is 210 Å². The van der Waals surface area contributed by atoms with Gasteiger partial charge in [-0.25, -0.2) is 4.39 Å². The van der Waals surface area contributed by atoms with Gasteiger partial charge in [0.05, 0.1) is 24.1 Å². The molecule has 0 saturated heterocycles. The van der Waals surface area contributed by atoms with Crippen LogP contribution < -0.4 is 5.32 Å². The van der Waals surface area contributed by atoms with E-state index in [1.165, 1.54) is 4.90 Å². The number of rotatable bonds is 6. The number of nitrogens with zero attached hydrogens (tertiary/aromatic N) is 1. The van der Waals surface area contributed by atoms with Crippen LogP contribution in [0.3, 0.4) is 0 Å². The van der Waals surface area contributed by atoms with E-state index in [1.54, 1.807) is 48.5 Å². The van der Waals surface area contributed by atoms with Crippen LogP contribution in [0, 0.1) is 5.82 Å². The number of aliphatic hydroxyl groups excluding tert-OH is 1. The minimum absolute atomic E-state index is 0.0423. The molecule has 3 aromatic rings. The monoisotopic (exact) mass is 512 g/mol. The van der Waals surface area contributed by atoms with Crippen molar-refractivity contribution < 1.29 is 32.3 Å². The summed E-state index contributed by atoms with van der Waals surface area (Å²) in [6, 6.07) is 14.8. The molecule has 1 saturated carbocycles. The molecular formula is C28H24F4N2O3. The number of amides is 2. The highest BCUT2D eigenvalue weighted by atomic mass is 19.4. The molecule has 1 aliphatic carbocycles. The molecule has 5 nitrogen and oxygen atoms in total. The fraction of sp³-hybridized carbons (Fsp3) is 0.286. The lowest BCUT2D eigenvalue weighted by Gasteiger charge is -2.42. The molecule has 2 aliphatic rings. The van der Waals surface area contributed by atoms with Gasteiger partial charge in [-0.2, -0.15) is 13.2 Å². The van der Waals surface area contributed by atoms with Crippen LogP contribution in [0.4, 0.5) is 17.6 Å². The van der Waals surface area contributed by atoms with Gasteiger partial charge in [-0.3, -0.25) is 9.59 Å². The average Bonchev–Trinajstić information content (AvgIpc) is 3.68. The molecule has 1 aliphatic heterocycles. The third-order valence-corrected chi connectivity index (χ3v) is 6.79. The van der Waals surface area contributed by atoms with Gasteiger partial charge in [0, 0.05) is 18.2 Å². The quantitative estimate of drug-likeness (QED) is 0.452. The van der Waals surface area contributed by atoms with Crippen molar-refractivity contribution in [2.45, 2.75) is 50.2 Å². The number of hydrogen-bond donors (Lipinski definition) is 2. The maximum absolute atomic E-state index is 14.2. The fourth-order valence-corrected chi connectivity index (χ4v) is 4.86. The molecular weight excluding hydrogens is 488 g/mol. The van der Waals surface area contributed by atoms with Crippen molar-refractivity contribution >= 4 is 11.8 Å². The van der Waals surface area contributed by atoms with E-state index in [-0.39, 0.29) is 36.2 Å². The predicted octanol–water partition coefficient (Wildman–Crippen LogP) is 5.10. The lowest BCUT2D eigenvalue weighted by Crippen LogP contribution is -2.47. The van der Waals surface area contributed by atoms with Crippen LogP contribution >= 0.6 is 0 Å². The number of fused-ring (bicyclic) bond motifs is 1. The molecule has 0 aromatic heterocycles. The molecule has 0 radical (unpaired) electrons. The molecule has 1 heterocycles. The number of alkyl halides is 3. The fourth-order valence-electron chi connectivity index (χ4n) is 4.86. The Morgan fingerprint density at radius 2 is 1.70 bits per heavy atom. The summed E-state index contributed by atoms with van der Waals surface area (Å²) in [5.41, 5.74) is 0.792. The van der Waals surface area contributed by atoms with Gasteiger partial charge < -0.3 is 15.3 Å². The molecule has 9 heteroatoms. The van der Waals surface area contributed by atoms with Gasteiger partial charge in [-0.1, -0.05) is 42.5 Å². The Balaban J connectivity index is 1.64. The van der Waals surface area contributed by atoms with Crippen LogP contribution in [-0.4, -0.2) is 27.9 Å². The van der Waals surface area contributed by atoms with E-state index in [4.69, 9.17) is 0 Å². The summed E-state index contributed by atoms with van der Waals surface area (Å²) in [5, 5.41) is 12.5. The second-order valence-electron chi connectivity index (χ2n) is 9.47. The average molecular weight is 513 g/mol. The highest BCUT2D eigenvalue weighted by Gasteiger charge is 2.45. The summed E-state index contributed by atoms with van der Waals surface area (Å²) in [7, 11) is 0. The Kier molecular flexibility index (Phi) is 6.49. The molecule has 2 amide bonds. The third kappa shape index (κ3) is 5.09. The zero-order valence-electron chi connectivity index (χ0n) is 19.6. The Morgan fingerprint density at radius 1 is 1.00 bits per heavy atom. The number of nitrogens with one attached hydrogen (secondary N) is 1. The van der Waals surface area contributed by atoms with Gasteiger partial charge in [-0.15, -0.1) is 0 Å². The van der Waals surface area contributed by atoms with Crippen molar-refractivity contribution in [3.05, 3.63) is 106 Å². The highest BCUT2D eigenvalue weighted by molar-refractivity contribution is 6.01. The summed E-state index contributed by atoms with van der Waals surface area (Å²) >= 11 is 0. The topological polar surface area (TPSA) is 69.6 Å². The van der Waals surface area contributed by atoms with Gasteiger partial charge in [0.2, 0.25) is 5.91 Å². The van der Waals surface area contributed by atoms with Crippen molar-refractivity contribution in [1.29, 1.82) is 0 Å². The molecule has 37 heavy (non-hydrogen) atoms. The molecule has 0 unspecified atom stereocenters. The van der Waals surface area contributed by atoms with Crippen LogP contribution in [0.1, 0.15) is 63.0 Å². The molecule has 0 spiro atoms. The minimum Gasteiger partial charge on any atom is -0.392 e. The first-order valence-corrected chi connectivity index (χ1v) is 11.9. The van der Waals surface area contributed by atoms with Gasteiger partial charge in [0.15, 0.2) is 0 Å². The van der Waals surface area contributed by atoms with Crippen molar-refractivity contribution in [2.24, 2.45) is 0 Å². The molecule has 5 rings (SSSR count). The van der Waals surface area contributed by atoms with Crippen molar-refractivity contribution in [1.82, 2.24) is 10.2 Å². The maximum Gasteiger partial charge on any atom is 0.416 e. The minimum atomic E-state index is -4.76. The van der Waals surface area contributed by atoms with E-state index in [2.05, 4.69) is 5.32 Å². The summed E-state index contributed by atoms with van der Waals surface area (Å²) in [4.78, 5) is 28.6. The Morgan fingerprint density at radius 3 is 2.35 bits per heavy atom. The normalized spacial score (nSPS) is 19.5. The smallest absolute Gasteiger partial charge is 0.392 e. The first-order valence-electron chi connectivity index (χ1n) is 11.9. The number of carbonyl (C=O) groups is 2. The molecule has 192 valence electrons. The largest absolute Gasteiger partial charge is 0.416 e. The molecule has 2 N–H and O–H groups in total. The highest BCUT2D eigenvalue weighted by Crippen LogP contribution is 2.44. The van der Waals surface area contributed by atoms with E-state index >= 15 is 0 Å². The van der Waals surface area contributed by atoms with E-state index in [1.807, 2.05) is 0 Å². The van der Waals surface area contributed by atoms with Crippen LogP contribution in [0.5, 0.6) is 0 Å². The van der Waals surface area contributed by atoms with Crippen LogP contribution in [-0.2, 0) is 24.1 Å². The van der Waals surface area contributed by atoms with Gasteiger partial charge in [0.1, 0.15) is 5.82 Å². The van der Waals surface area contributed by atoms with Crippen molar-refractivity contribution in [3.63, 3.8) is 0 Å². The second kappa shape index (κ2) is 9.63. The summed E-state index contributed by atoms with van der Waals surface area (Å²) in [6.07, 6.45) is -3.06. The van der Waals surface area contributed by atoms with Gasteiger partial charge >= 0.3 is 6.18 Å². The summed E-state index contributed by atoms with van der Waals surface area (Å²) < 4.78 is 54.4. The van der Waals surface area contributed by atoms with E-state index in [0.717, 1.165) is 25.0 Å². The number of benzene rings is 3. The number of aliphatic hydroxyl groups is 1. The van der Waals surface area contributed by atoms with Gasteiger partial charge in [0.25, 0.3) is 5.91 Å². The lowest BCUT2D eigenvalue weighted by molar-refractivity contribution is -0.137. The predicted molar refractivity (Wildman–Crippen MR) is 127 cm³/mol. The van der Waals surface area contributed by atoms with E-state index in [0.29, 0.717) is 22.8 Å².